The Morgan fingerprint density at radius 1 is 1.17 bits per heavy atom. The zero-order chi connectivity index (χ0) is 13.1. The normalized spacial score (nSPS) is 10.4. The molecule has 0 bridgehead atoms. The predicted molar refractivity (Wildman–Crippen MR) is 65.5 cm³/mol. The third-order valence-electron chi connectivity index (χ3n) is 2.15. The Labute approximate surface area is 111 Å². The fourth-order valence-electron chi connectivity index (χ4n) is 1.31. The van der Waals surface area contributed by atoms with Gasteiger partial charge < -0.3 is 4.74 Å². The molecular formula is C12H9BrF2N2O. The van der Waals surface area contributed by atoms with Crippen LogP contribution in [0.1, 0.15) is 12.7 Å². The topological polar surface area (TPSA) is 35.0 Å². The summed E-state index contributed by atoms with van der Waals surface area (Å²) in [5, 5.41) is 0. The number of hydrogen-bond acceptors (Lipinski definition) is 3. The Kier molecular flexibility index (Phi) is 3.86. The molecule has 2 rings (SSSR count). The van der Waals surface area contributed by atoms with Gasteiger partial charge in [-0.15, -0.1) is 0 Å². The smallest absolute Gasteiger partial charge is 0.223 e. The molecular weight excluding hydrogens is 306 g/mol. The summed E-state index contributed by atoms with van der Waals surface area (Å²) in [7, 11) is 0. The Bertz CT molecular complexity index is 578. The molecule has 0 aliphatic carbocycles. The van der Waals surface area contributed by atoms with Crippen LogP contribution in [0.4, 0.5) is 8.78 Å². The number of ether oxygens (including phenoxy) is 1. The maximum absolute atomic E-state index is 13.0. The Morgan fingerprint density at radius 3 is 2.61 bits per heavy atom. The zero-order valence-corrected chi connectivity index (χ0v) is 11.0. The van der Waals surface area contributed by atoms with Crippen LogP contribution in [-0.2, 0) is 6.42 Å². The number of aryl methyl sites for hydroxylation is 1. The number of halogens is 3. The SMILES string of the molecule is CCc1nc(Br)cc(Oc2ccc(F)c(F)c2)n1. The van der Waals surface area contributed by atoms with Gasteiger partial charge in [0.25, 0.3) is 0 Å². The molecule has 0 radical (unpaired) electrons. The molecule has 0 saturated heterocycles. The second kappa shape index (κ2) is 5.39. The molecule has 0 spiro atoms. The van der Waals surface area contributed by atoms with E-state index in [0.717, 1.165) is 12.1 Å². The van der Waals surface area contributed by atoms with Gasteiger partial charge in [-0.05, 0) is 28.1 Å². The van der Waals surface area contributed by atoms with Gasteiger partial charge >= 0.3 is 0 Å². The number of aromatic nitrogens is 2. The van der Waals surface area contributed by atoms with Crippen molar-refractivity contribution in [3.63, 3.8) is 0 Å². The van der Waals surface area contributed by atoms with Crippen LogP contribution in [-0.4, -0.2) is 9.97 Å². The van der Waals surface area contributed by atoms with Crippen LogP contribution in [0.25, 0.3) is 0 Å². The molecule has 0 fully saturated rings. The van der Waals surface area contributed by atoms with Crippen molar-refractivity contribution in [3.05, 3.63) is 46.3 Å². The van der Waals surface area contributed by atoms with Crippen molar-refractivity contribution in [2.45, 2.75) is 13.3 Å². The van der Waals surface area contributed by atoms with Crippen molar-refractivity contribution in [2.24, 2.45) is 0 Å². The lowest BCUT2D eigenvalue weighted by atomic mass is 10.3. The van der Waals surface area contributed by atoms with Crippen molar-refractivity contribution >= 4 is 15.9 Å². The summed E-state index contributed by atoms with van der Waals surface area (Å²) in [4.78, 5) is 8.24. The summed E-state index contributed by atoms with van der Waals surface area (Å²) in [6.45, 7) is 1.91. The Morgan fingerprint density at radius 2 is 1.94 bits per heavy atom. The molecule has 3 nitrogen and oxygen atoms in total. The molecule has 1 aromatic carbocycles. The van der Waals surface area contributed by atoms with E-state index < -0.39 is 11.6 Å². The maximum Gasteiger partial charge on any atom is 0.223 e. The van der Waals surface area contributed by atoms with E-state index in [1.54, 1.807) is 6.07 Å². The first-order valence-electron chi connectivity index (χ1n) is 5.25. The van der Waals surface area contributed by atoms with Gasteiger partial charge in [0.2, 0.25) is 5.88 Å². The van der Waals surface area contributed by atoms with E-state index in [0.29, 0.717) is 16.8 Å². The lowest BCUT2D eigenvalue weighted by Gasteiger charge is -2.06. The van der Waals surface area contributed by atoms with E-state index in [9.17, 15) is 8.78 Å². The van der Waals surface area contributed by atoms with E-state index in [-0.39, 0.29) is 11.6 Å². The van der Waals surface area contributed by atoms with Gasteiger partial charge in [0, 0.05) is 18.6 Å². The van der Waals surface area contributed by atoms with Crippen LogP contribution in [0.5, 0.6) is 11.6 Å². The van der Waals surface area contributed by atoms with E-state index in [2.05, 4.69) is 25.9 Å². The average Bonchev–Trinajstić information content (AvgIpc) is 2.33. The highest BCUT2D eigenvalue weighted by Gasteiger charge is 2.07. The molecule has 18 heavy (non-hydrogen) atoms. The molecule has 0 aliphatic heterocycles. The number of hydrogen-bond donors (Lipinski definition) is 0. The summed E-state index contributed by atoms with van der Waals surface area (Å²) in [5.74, 6) is -0.819. The molecule has 0 amide bonds. The number of nitrogens with zero attached hydrogens (tertiary/aromatic N) is 2. The maximum atomic E-state index is 13.0. The van der Waals surface area contributed by atoms with Gasteiger partial charge in [0.05, 0.1) is 0 Å². The van der Waals surface area contributed by atoms with Gasteiger partial charge in [-0.1, -0.05) is 6.92 Å². The van der Waals surface area contributed by atoms with Gasteiger partial charge in [-0.3, -0.25) is 0 Å². The average molecular weight is 315 g/mol. The first-order valence-corrected chi connectivity index (χ1v) is 6.04. The first-order chi connectivity index (χ1) is 8.58. The highest BCUT2D eigenvalue weighted by Crippen LogP contribution is 2.23. The van der Waals surface area contributed by atoms with Gasteiger partial charge in [0.15, 0.2) is 11.6 Å². The molecule has 1 aromatic heterocycles. The quantitative estimate of drug-likeness (QED) is 0.807. The van der Waals surface area contributed by atoms with Crippen molar-refractivity contribution in [3.8, 4) is 11.6 Å². The van der Waals surface area contributed by atoms with Gasteiger partial charge in [-0.2, -0.15) is 4.98 Å². The van der Waals surface area contributed by atoms with E-state index in [4.69, 9.17) is 4.74 Å². The van der Waals surface area contributed by atoms with Crippen molar-refractivity contribution in [1.29, 1.82) is 0 Å². The standard InChI is InChI=1S/C12H9BrF2N2O/c1-2-11-16-10(13)6-12(17-11)18-7-3-4-8(14)9(15)5-7/h3-6H,2H2,1H3. The Balaban J connectivity index is 2.27. The minimum Gasteiger partial charge on any atom is -0.439 e. The summed E-state index contributed by atoms with van der Waals surface area (Å²) < 4.78 is 31.7. The fourth-order valence-corrected chi connectivity index (χ4v) is 1.71. The molecule has 0 aliphatic rings. The Hall–Kier alpha value is -1.56. The van der Waals surface area contributed by atoms with Gasteiger partial charge in [0.1, 0.15) is 16.2 Å². The van der Waals surface area contributed by atoms with E-state index >= 15 is 0 Å². The second-order valence-electron chi connectivity index (χ2n) is 3.48. The largest absolute Gasteiger partial charge is 0.439 e. The highest BCUT2D eigenvalue weighted by molar-refractivity contribution is 9.10. The van der Waals surface area contributed by atoms with Crippen LogP contribution in [0.3, 0.4) is 0 Å². The number of benzene rings is 1. The number of rotatable bonds is 3. The first kappa shape index (κ1) is 12.9. The molecule has 2 aromatic rings. The molecule has 0 N–H and O–H groups in total. The molecule has 6 heteroatoms. The van der Waals surface area contributed by atoms with Crippen LogP contribution in [0, 0.1) is 11.6 Å². The van der Waals surface area contributed by atoms with Crippen molar-refractivity contribution in [2.75, 3.05) is 0 Å². The summed E-state index contributed by atoms with van der Waals surface area (Å²) in [5.41, 5.74) is 0. The van der Waals surface area contributed by atoms with Gasteiger partial charge in [-0.25, -0.2) is 13.8 Å². The molecule has 94 valence electrons. The zero-order valence-electron chi connectivity index (χ0n) is 9.45. The molecule has 0 unspecified atom stereocenters. The third-order valence-corrected chi connectivity index (χ3v) is 2.55. The van der Waals surface area contributed by atoms with Crippen molar-refractivity contribution in [1.82, 2.24) is 9.97 Å². The lowest BCUT2D eigenvalue weighted by Crippen LogP contribution is -1.97. The van der Waals surface area contributed by atoms with E-state index in [1.165, 1.54) is 6.07 Å². The monoisotopic (exact) mass is 314 g/mol. The minimum atomic E-state index is -0.962. The molecule has 1 heterocycles. The molecule has 0 saturated carbocycles. The fraction of sp³-hybridized carbons (Fsp3) is 0.167. The third kappa shape index (κ3) is 3.01. The molecule has 0 atom stereocenters. The summed E-state index contributed by atoms with van der Waals surface area (Å²) >= 11 is 3.23. The van der Waals surface area contributed by atoms with E-state index in [1.807, 2.05) is 6.92 Å². The summed E-state index contributed by atoms with van der Waals surface area (Å²) in [6, 6.07) is 4.86. The van der Waals surface area contributed by atoms with Crippen LogP contribution >= 0.6 is 15.9 Å². The second-order valence-corrected chi connectivity index (χ2v) is 4.29. The summed E-state index contributed by atoms with van der Waals surface area (Å²) in [6.07, 6.45) is 0.646. The minimum absolute atomic E-state index is 0.182. The highest BCUT2D eigenvalue weighted by atomic mass is 79.9. The van der Waals surface area contributed by atoms with Crippen LogP contribution < -0.4 is 4.74 Å². The van der Waals surface area contributed by atoms with Crippen LogP contribution in [0.2, 0.25) is 0 Å². The van der Waals surface area contributed by atoms with Crippen molar-refractivity contribution < 1.29 is 13.5 Å². The predicted octanol–water partition coefficient (Wildman–Crippen LogP) is 3.87. The lowest BCUT2D eigenvalue weighted by molar-refractivity contribution is 0.444. The van der Waals surface area contributed by atoms with Crippen LogP contribution in [0.15, 0.2) is 28.9 Å².